The summed E-state index contributed by atoms with van der Waals surface area (Å²) in [5, 5.41) is 0. The summed E-state index contributed by atoms with van der Waals surface area (Å²) in [6.45, 7) is 15.8. The molecule has 0 spiro atoms. The average Bonchev–Trinajstić information content (AvgIpc) is 3.50. The van der Waals surface area contributed by atoms with E-state index in [1.165, 1.54) is 66.4 Å². The molecule has 0 radical (unpaired) electrons. The summed E-state index contributed by atoms with van der Waals surface area (Å²) in [6, 6.07) is 35.5. The number of fused-ring (bicyclic) bond motifs is 3. The minimum absolute atomic E-state index is 0. The van der Waals surface area contributed by atoms with Gasteiger partial charge in [-0.1, -0.05) is 76.3 Å². The molecule has 3 heteroatoms. The van der Waals surface area contributed by atoms with Crippen molar-refractivity contribution < 1.29 is 49.0 Å². The van der Waals surface area contributed by atoms with Crippen LogP contribution in [-0.2, 0) is 41.5 Å². The predicted molar refractivity (Wildman–Crippen MR) is 149 cm³/mol. The molecule has 4 aromatic carbocycles. The maximum absolute atomic E-state index is 3.53. The summed E-state index contributed by atoms with van der Waals surface area (Å²) in [6.07, 6.45) is 1.03. The zero-order valence-electron chi connectivity index (χ0n) is 23.1. The summed E-state index contributed by atoms with van der Waals surface area (Å²) in [5.74, 6) is 0. The molecule has 194 valence electrons. The molecule has 0 fully saturated rings. The Kier molecular flexibility index (Phi) is 13.1. The van der Waals surface area contributed by atoms with Gasteiger partial charge in [-0.2, -0.15) is 47.5 Å². The van der Waals surface area contributed by atoms with Gasteiger partial charge in [0.2, 0.25) is 0 Å². The quantitative estimate of drug-likeness (QED) is 0.257. The van der Waals surface area contributed by atoms with E-state index in [4.69, 9.17) is 0 Å². The summed E-state index contributed by atoms with van der Waals surface area (Å²) in [5.41, 5.74) is 10.1. The van der Waals surface area contributed by atoms with Crippen molar-refractivity contribution in [3.63, 3.8) is 0 Å². The van der Waals surface area contributed by atoms with Crippen molar-refractivity contribution in [1.29, 1.82) is 0 Å². The van der Waals surface area contributed by atoms with Gasteiger partial charge in [0.15, 0.2) is 0 Å². The van der Waals surface area contributed by atoms with E-state index >= 15 is 0 Å². The van der Waals surface area contributed by atoms with Crippen LogP contribution in [0.3, 0.4) is 0 Å². The van der Waals surface area contributed by atoms with Gasteiger partial charge in [0.1, 0.15) is 0 Å². The van der Waals surface area contributed by atoms with E-state index in [0.717, 1.165) is 6.42 Å². The molecule has 0 atom stereocenters. The smallest absolute Gasteiger partial charge is 0.172 e. The van der Waals surface area contributed by atoms with Crippen LogP contribution in [0.5, 0.6) is 0 Å². The van der Waals surface area contributed by atoms with Gasteiger partial charge >= 0.3 is 70.3 Å². The van der Waals surface area contributed by atoms with E-state index in [1.807, 2.05) is 36.4 Å². The van der Waals surface area contributed by atoms with Crippen LogP contribution in [0.1, 0.15) is 76.3 Å². The molecule has 1 aliphatic carbocycles. The van der Waals surface area contributed by atoms with Gasteiger partial charge in [-0.15, -0.1) is 5.56 Å². The second-order valence-electron chi connectivity index (χ2n) is 11.3. The van der Waals surface area contributed by atoms with E-state index in [1.54, 1.807) is 0 Å². The molecule has 0 aromatic heterocycles. The molecule has 0 nitrogen and oxygen atoms in total. The molecule has 0 unspecified atom stereocenters. The first-order valence-electron chi connectivity index (χ1n) is 12.4. The Bertz CT molecular complexity index is 1160. The fraction of sp³-hybridized carbons (Fsp3) is 0.294. The number of halogens is 2. The molecule has 4 aromatic rings. The number of hydrogen-bond donors (Lipinski definition) is 0. The van der Waals surface area contributed by atoms with Gasteiger partial charge in [0.25, 0.3) is 0 Å². The molecule has 0 bridgehead atoms. The number of rotatable bonds is 1. The van der Waals surface area contributed by atoms with Crippen LogP contribution in [0.25, 0.3) is 11.1 Å². The molecule has 0 heterocycles. The number of hydrogen-bond acceptors (Lipinski definition) is 0. The zero-order chi connectivity index (χ0) is 25.6. The van der Waals surface area contributed by atoms with E-state index < -0.39 is 0 Å². The van der Waals surface area contributed by atoms with Gasteiger partial charge in [-0.3, -0.25) is 0 Å². The maximum Gasteiger partial charge on any atom is -0.172 e. The third-order valence-corrected chi connectivity index (χ3v) is 7.00. The van der Waals surface area contributed by atoms with E-state index in [-0.39, 0.29) is 35.6 Å². The van der Waals surface area contributed by atoms with Crippen LogP contribution in [0.2, 0.25) is 0 Å². The second-order valence-corrected chi connectivity index (χ2v) is 13.1. The predicted octanol–water partition coefficient (Wildman–Crippen LogP) is 2.84. The van der Waals surface area contributed by atoms with Crippen molar-refractivity contribution >= 4 is 3.21 Å². The van der Waals surface area contributed by atoms with Crippen molar-refractivity contribution in [2.45, 2.75) is 65.7 Å². The molecule has 0 aliphatic heterocycles. The standard InChI is InChI=1S/C21H25.C8H8.C5H5.2ClH.Zr/c1-20(2,3)16-9-7-14-11-15-8-10-17(21(4,5)6)13-19(15)18(14)12-16;1-2-8-6-4-3-5-7-8;1-2-4-5-3-1;;;/h7,9-10,12-13H,11H2,1-6H3;3-7H,1H3;1-5H;2*1H;/q-1;;-1;;;+2/p-2. The van der Waals surface area contributed by atoms with Crippen LogP contribution < -0.4 is 24.8 Å². The van der Waals surface area contributed by atoms with Crippen molar-refractivity contribution in [2.75, 3.05) is 0 Å². The number of benzene rings is 3. The van der Waals surface area contributed by atoms with Crippen LogP contribution in [0, 0.1) is 6.07 Å². The molecule has 0 saturated heterocycles. The van der Waals surface area contributed by atoms with Gasteiger partial charge in [0, 0.05) is 0 Å². The average molecular weight is 609 g/mol. The van der Waals surface area contributed by atoms with Crippen LogP contribution in [0.15, 0.2) is 91.0 Å². The zero-order valence-corrected chi connectivity index (χ0v) is 27.1. The van der Waals surface area contributed by atoms with Gasteiger partial charge in [-0.25, -0.2) is 12.1 Å². The Labute approximate surface area is 252 Å². The summed E-state index contributed by atoms with van der Waals surface area (Å²) in [7, 11) is 0. The van der Waals surface area contributed by atoms with Gasteiger partial charge < -0.3 is 24.8 Å². The van der Waals surface area contributed by atoms with Crippen molar-refractivity contribution in [2.24, 2.45) is 0 Å². The monoisotopic (exact) mass is 606 g/mol. The van der Waals surface area contributed by atoms with E-state index in [0.29, 0.717) is 0 Å². The maximum atomic E-state index is 3.53. The molecule has 1 aliphatic rings. The Morgan fingerprint density at radius 3 is 1.78 bits per heavy atom. The topological polar surface area (TPSA) is 0 Å². The summed E-state index contributed by atoms with van der Waals surface area (Å²) in [4.78, 5) is 0. The minimum Gasteiger partial charge on any atom is -1.00 e. The fourth-order valence-corrected chi connectivity index (χ4v) is 4.40. The molecule has 0 N–H and O–H groups in total. The Morgan fingerprint density at radius 1 is 0.757 bits per heavy atom. The first-order valence-corrected chi connectivity index (χ1v) is 13.7. The molecule has 37 heavy (non-hydrogen) atoms. The molecule has 0 amide bonds. The van der Waals surface area contributed by atoms with E-state index in [2.05, 4.69) is 109 Å². The summed E-state index contributed by atoms with van der Waals surface area (Å²) >= 11 is 1.51. The van der Waals surface area contributed by atoms with Crippen molar-refractivity contribution in [3.8, 4) is 11.1 Å². The Hall–Kier alpha value is -1.66. The van der Waals surface area contributed by atoms with Crippen LogP contribution in [-0.4, -0.2) is 3.21 Å². The Morgan fingerprint density at radius 2 is 1.32 bits per heavy atom. The summed E-state index contributed by atoms with van der Waals surface area (Å²) < 4.78 is 1.46. The normalized spacial score (nSPS) is 11.3. The first kappa shape index (κ1) is 33.4. The van der Waals surface area contributed by atoms with Gasteiger partial charge in [0.05, 0.1) is 0 Å². The van der Waals surface area contributed by atoms with Crippen molar-refractivity contribution in [1.82, 2.24) is 0 Å². The first-order chi connectivity index (χ1) is 16.5. The third kappa shape index (κ3) is 9.55. The molecular weight excluding hydrogens is 571 g/mol. The molecular formula is C34H38Cl2Zr-2. The molecule has 5 rings (SSSR count). The van der Waals surface area contributed by atoms with Crippen LogP contribution in [0.4, 0.5) is 0 Å². The fourth-order valence-electron chi connectivity index (χ4n) is 3.99. The third-order valence-electron chi connectivity index (χ3n) is 6.29. The largest absolute Gasteiger partial charge is 1.00 e. The SMILES string of the molecule is CC(C)(C)c1c[c-]c2c(c1)-c1cc(C(C)(C)C)ccc1C2.C[C](=[Zr+2])c1ccccc1.[Cl-].[Cl-].c1cc[cH-]c1. The second kappa shape index (κ2) is 14.5. The van der Waals surface area contributed by atoms with E-state index in [9.17, 15) is 0 Å². The van der Waals surface area contributed by atoms with Crippen molar-refractivity contribution in [3.05, 3.63) is 125 Å². The van der Waals surface area contributed by atoms with Crippen LogP contribution >= 0.6 is 0 Å². The van der Waals surface area contributed by atoms with Gasteiger partial charge in [-0.05, 0) is 17.4 Å². The minimum atomic E-state index is 0. The Balaban J connectivity index is 0.000000354. The molecule has 0 saturated carbocycles.